The zero-order chi connectivity index (χ0) is 26.4. The van der Waals surface area contributed by atoms with Crippen molar-refractivity contribution >= 4 is 22.8 Å². The van der Waals surface area contributed by atoms with Crippen LogP contribution in [0.25, 0.3) is 11.0 Å². The van der Waals surface area contributed by atoms with Crippen molar-refractivity contribution in [3.8, 4) is 0 Å². The van der Waals surface area contributed by atoms with Gasteiger partial charge in [-0.15, -0.1) is 0 Å². The normalized spacial score (nSPS) is 20.8. The Balaban J connectivity index is 1.82. The van der Waals surface area contributed by atoms with Crippen LogP contribution in [0.1, 0.15) is 56.3 Å². The van der Waals surface area contributed by atoms with E-state index in [9.17, 15) is 22.8 Å². The molecule has 1 fully saturated rings. The van der Waals surface area contributed by atoms with E-state index >= 15 is 0 Å². The first-order chi connectivity index (χ1) is 17.0. The zero-order valence-corrected chi connectivity index (χ0v) is 20.7. The molecule has 1 unspecified atom stereocenters. The fourth-order valence-corrected chi connectivity index (χ4v) is 5.02. The second kappa shape index (κ2) is 9.53. The molecular formula is C25H28F3N5O3. The van der Waals surface area contributed by atoms with Crippen LogP contribution in [-0.4, -0.2) is 45.0 Å². The van der Waals surface area contributed by atoms with Crippen LogP contribution in [0.5, 0.6) is 0 Å². The molecule has 0 aliphatic carbocycles. The number of methoxy groups -OCH3 is 1. The summed E-state index contributed by atoms with van der Waals surface area (Å²) >= 11 is 0. The number of anilines is 1. The minimum atomic E-state index is -2.94. The molecule has 1 saturated heterocycles. The van der Waals surface area contributed by atoms with Gasteiger partial charge < -0.3 is 15.0 Å². The van der Waals surface area contributed by atoms with Crippen LogP contribution < -0.4 is 10.9 Å². The number of carbonyl (C=O) groups is 1. The highest BCUT2D eigenvalue weighted by atomic mass is 19.3. The number of amides is 1. The fraction of sp³-hybridized carbons (Fsp3) is 0.440. The number of halogens is 3. The van der Waals surface area contributed by atoms with Crippen LogP contribution in [0.3, 0.4) is 0 Å². The van der Waals surface area contributed by atoms with E-state index in [1.165, 1.54) is 37.1 Å². The summed E-state index contributed by atoms with van der Waals surface area (Å²) in [7, 11) is 3.08. The van der Waals surface area contributed by atoms with Crippen LogP contribution in [0, 0.1) is 5.82 Å². The zero-order valence-electron chi connectivity index (χ0n) is 20.7. The molecule has 3 atom stereocenters. The standard InChI is InChI=1S/C25H28F3N5O3/c1-13-10-25(36-5,11-33(13)15(3)34)19-9-18-22(29-12-30-23(18)32(4)24(19)35)31-14(2)16-7-6-8-17(20(16)26)21(27)28/h6-9,12-14,21H,10-11H2,1-5H3,(H,29,30,31)/t13-,14-,25?/m1/s1. The van der Waals surface area contributed by atoms with Crippen molar-refractivity contribution in [3.05, 3.63) is 63.5 Å². The van der Waals surface area contributed by atoms with Crippen molar-refractivity contribution in [2.75, 3.05) is 19.0 Å². The second-order valence-electron chi connectivity index (χ2n) is 9.20. The van der Waals surface area contributed by atoms with Crippen molar-refractivity contribution in [2.45, 2.75) is 51.3 Å². The molecule has 0 radical (unpaired) electrons. The number of hydrogen-bond acceptors (Lipinski definition) is 6. The fourth-order valence-electron chi connectivity index (χ4n) is 5.02. The van der Waals surface area contributed by atoms with Gasteiger partial charge in [0.15, 0.2) is 0 Å². The largest absolute Gasteiger partial charge is 0.371 e. The van der Waals surface area contributed by atoms with Crippen LogP contribution in [0.15, 0.2) is 35.4 Å². The summed E-state index contributed by atoms with van der Waals surface area (Å²) in [5.41, 5.74) is -1.31. The Hall–Kier alpha value is -3.47. The monoisotopic (exact) mass is 503 g/mol. The average Bonchev–Trinajstić information content (AvgIpc) is 3.19. The molecule has 11 heteroatoms. The highest BCUT2D eigenvalue weighted by Crippen LogP contribution is 2.39. The summed E-state index contributed by atoms with van der Waals surface area (Å²) < 4.78 is 48.4. The number of aromatic nitrogens is 3. The predicted molar refractivity (Wildman–Crippen MR) is 128 cm³/mol. The van der Waals surface area contributed by atoms with Crippen LogP contribution in [0.4, 0.5) is 19.0 Å². The first-order valence-corrected chi connectivity index (χ1v) is 11.5. The Kier molecular flexibility index (Phi) is 6.78. The predicted octanol–water partition coefficient (Wildman–Crippen LogP) is 4.06. The van der Waals surface area contributed by atoms with Crippen LogP contribution in [0.2, 0.25) is 0 Å². The van der Waals surface area contributed by atoms with Gasteiger partial charge in [0.1, 0.15) is 29.2 Å². The number of nitrogens with zero attached hydrogens (tertiary/aromatic N) is 4. The maximum Gasteiger partial charge on any atom is 0.266 e. The Morgan fingerprint density at radius 3 is 2.58 bits per heavy atom. The van der Waals surface area contributed by atoms with Gasteiger partial charge in [-0.3, -0.25) is 14.2 Å². The first kappa shape index (κ1) is 25.6. The van der Waals surface area contributed by atoms with Crippen molar-refractivity contribution in [1.82, 2.24) is 19.4 Å². The third kappa shape index (κ3) is 4.21. The highest BCUT2D eigenvalue weighted by Gasteiger charge is 2.47. The number of pyridine rings is 1. The van der Waals surface area contributed by atoms with Crippen molar-refractivity contribution < 1.29 is 22.7 Å². The van der Waals surface area contributed by atoms with Gasteiger partial charge in [-0.1, -0.05) is 18.2 Å². The maximum absolute atomic E-state index is 14.8. The van der Waals surface area contributed by atoms with E-state index < -0.39 is 29.4 Å². The molecule has 3 heterocycles. The van der Waals surface area contributed by atoms with Crippen molar-refractivity contribution in [1.29, 1.82) is 0 Å². The summed E-state index contributed by atoms with van der Waals surface area (Å²) in [5, 5.41) is 3.55. The molecule has 1 amide bonds. The van der Waals surface area contributed by atoms with E-state index in [0.717, 1.165) is 6.07 Å². The lowest BCUT2D eigenvalue weighted by molar-refractivity contribution is -0.130. The van der Waals surface area contributed by atoms with Gasteiger partial charge in [0.05, 0.1) is 29.1 Å². The van der Waals surface area contributed by atoms with E-state index in [4.69, 9.17) is 4.74 Å². The number of ether oxygens (including phenoxy) is 1. The number of carbonyl (C=O) groups excluding carboxylic acids is 1. The van der Waals surface area contributed by atoms with Gasteiger partial charge in [-0.05, 0) is 19.9 Å². The summed E-state index contributed by atoms with van der Waals surface area (Å²) in [4.78, 5) is 35.7. The molecule has 4 rings (SSSR count). The van der Waals surface area contributed by atoms with E-state index in [-0.39, 0.29) is 29.6 Å². The summed E-state index contributed by atoms with van der Waals surface area (Å²) in [6.07, 6.45) is -1.26. The van der Waals surface area contributed by atoms with E-state index in [1.54, 1.807) is 24.9 Å². The molecule has 8 nitrogen and oxygen atoms in total. The maximum atomic E-state index is 14.8. The van der Waals surface area contributed by atoms with Gasteiger partial charge in [0, 0.05) is 39.1 Å². The molecule has 1 aliphatic rings. The Morgan fingerprint density at radius 2 is 1.97 bits per heavy atom. The van der Waals surface area contributed by atoms with Gasteiger partial charge in [0.2, 0.25) is 5.91 Å². The number of aryl methyl sites for hydroxylation is 1. The van der Waals surface area contributed by atoms with Gasteiger partial charge in [-0.25, -0.2) is 23.1 Å². The minimum absolute atomic E-state index is 0.0553. The molecule has 2 aromatic heterocycles. The smallest absolute Gasteiger partial charge is 0.266 e. The molecule has 3 aromatic rings. The lowest BCUT2D eigenvalue weighted by atomic mass is 9.91. The van der Waals surface area contributed by atoms with Gasteiger partial charge >= 0.3 is 0 Å². The second-order valence-corrected chi connectivity index (χ2v) is 9.20. The molecule has 1 N–H and O–H groups in total. The van der Waals surface area contributed by atoms with E-state index in [0.29, 0.717) is 28.8 Å². The van der Waals surface area contributed by atoms with Crippen molar-refractivity contribution in [3.63, 3.8) is 0 Å². The minimum Gasteiger partial charge on any atom is -0.371 e. The molecule has 0 saturated carbocycles. The lowest BCUT2D eigenvalue weighted by Crippen LogP contribution is -2.40. The van der Waals surface area contributed by atoms with Gasteiger partial charge in [0.25, 0.3) is 12.0 Å². The number of likely N-dealkylation sites (tertiary alicyclic amines) is 1. The molecule has 1 aliphatic heterocycles. The van der Waals surface area contributed by atoms with Crippen molar-refractivity contribution in [2.24, 2.45) is 7.05 Å². The quantitative estimate of drug-likeness (QED) is 0.546. The Labute approximate surface area is 206 Å². The van der Waals surface area contributed by atoms with Gasteiger partial charge in [-0.2, -0.15) is 0 Å². The molecule has 36 heavy (non-hydrogen) atoms. The molecule has 0 spiro atoms. The molecule has 192 valence electrons. The number of nitrogens with one attached hydrogen (secondary N) is 1. The average molecular weight is 504 g/mol. The number of fused-ring (bicyclic) bond motifs is 1. The summed E-state index contributed by atoms with van der Waals surface area (Å²) in [6, 6.07) is 4.63. The Bertz CT molecular complexity index is 1380. The highest BCUT2D eigenvalue weighted by molar-refractivity contribution is 5.87. The third-order valence-corrected chi connectivity index (χ3v) is 6.99. The lowest BCUT2D eigenvalue weighted by Gasteiger charge is -2.28. The molecule has 0 bridgehead atoms. The Morgan fingerprint density at radius 1 is 1.28 bits per heavy atom. The SMILES string of the molecule is COC1(c2cc3c(N[C@H](C)c4cccc(C(F)F)c4F)ncnc3n(C)c2=O)C[C@@H](C)N(C(C)=O)C1. The number of rotatable bonds is 6. The number of hydrogen-bond donors (Lipinski definition) is 1. The molecular weight excluding hydrogens is 475 g/mol. The first-order valence-electron chi connectivity index (χ1n) is 11.5. The molecule has 1 aromatic carbocycles. The third-order valence-electron chi connectivity index (χ3n) is 6.99. The number of alkyl halides is 2. The topological polar surface area (TPSA) is 89.3 Å². The van der Waals surface area contributed by atoms with E-state index in [1.807, 2.05) is 6.92 Å². The van der Waals surface area contributed by atoms with Crippen LogP contribution >= 0.6 is 0 Å². The number of benzene rings is 1. The summed E-state index contributed by atoms with van der Waals surface area (Å²) in [6.45, 7) is 5.21. The van der Waals surface area contributed by atoms with Crippen LogP contribution in [-0.2, 0) is 22.2 Å². The van der Waals surface area contributed by atoms with E-state index in [2.05, 4.69) is 15.3 Å². The summed E-state index contributed by atoms with van der Waals surface area (Å²) in [5.74, 6) is -0.805.